The van der Waals surface area contributed by atoms with Gasteiger partial charge in [0.05, 0.1) is 11.1 Å². The molecule has 2 bridgehead atoms. The second-order valence-corrected chi connectivity index (χ2v) is 7.53. The number of aromatic nitrogens is 2. The monoisotopic (exact) mass is 308 g/mol. The van der Waals surface area contributed by atoms with Crippen LogP contribution in [0.3, 0.4) is 0 Å². The number of alkyl halides is 1. The lowest BCUT2D eigenvalue weighted by molar-refractivity contribution is 0.282. The molecule has 3 rings (SSSR count). The molecular weight excluding hydrogens is 280 g/mol. The highest BCUT2D eigenvalue weighted by molar-refractivity contribution is 6.20. The first kappa shape index (κ1) is 15.4. The Morgan fingerprint density at radius 3 is 2.52 bits per heavy atom. The molecule has 0 aliphatic heterocycles. The fraction of sp³-hybridized carbons (Fsp3) is 0.833. The Labute approximate surface area is 134 Å². The minimum atomic E-state index is 0.128. The lowest BCUT2D eigenvalue weighted by Crippen LogP contribution is -2.19. The summed E-state index contributed by atoms with van der Waals surface area (Å²) in [6.07, 6.45) is 8.88. The van der Waals surface area contributed by atoms with E-state index >= 15 is 0 Å². The summed E-state index contributed by atoms with van der Waals surface area (Å²) >= 11 is 6.60. The summed E-state index contributed by atoms with van der Waals surface area (Å²) in [6.45, 7) is 7.75. The molecular formula is C18H29ClN2. The van der Waals surface area contributed by atoms with Gasteiger partial charge >= 0.3 is 0 Å². The molecule has 2 aliphatic carbocycles. The molecule has 0 N–H and O–H groups in total. The maximum Gasteiger partial charge on any atom is 0.0671 e. The van der Waals surface area contributed by atoms with Gasteiger partial charge in [0.25, 0.3) is 0 Å². The van der Waals surface area contributed by atoms with Crippen LogP contribution >= 0.6 is 11.6 Å². The third kappa shape index (κ3) is 2.76. The zero-order chi connectivity index (χ0) is 15.0. The van der Waals surface area contributed by atoms with E-state index in [0.29, 0.717) is 0 Å². The SMILES string of the molecule is CCc1nn(CC2CC3CCC2C3)c(CC)c1C(Cl)CC. The van der Waals surface area contributed by atoms with Crippen molar-refractivity contribution in [1.29, 1.82) is 0 Å². The molecule has 0 saturated heterocycles. The summed E-state index contributed by atoms with van der Waals surface area (Å²) in [7, 11) is 0. The Morgan fingerprint density at radius 2 is 2.00 bits per heavy atom. The molecule has 0 amide bonds. The van der Waals surface area contributed by atoms with E-state index in [1.165, 1.54) is 42.6 Å². The van der Waals surface area contributed by atoms with E-state index < -0.39 is 0 Å². The first-order valence-corrected chi connectivity index (χ1v) is 9.33. The highest BCUT2D eigenvalue weighted by Crippen LogP contribution is 2.49. The van der Waals surface area contributed by atoms with Crippen LogP contribution in [0.5, 0.6) is 0 Å². The van der Waals surface area contributed by atoms with Crippen molar-refractivity contribution in [2.24, 2.45) is 17.8 Å². The van der Waals surface area contributed by atoms with Crippen LogP contribution in [0.25, 0.3) is 0 Å². The molecule has 4 unspecified atom stereocenters. The molecule has 1 aromatic heterocycles. The number of hydrogen-bond acceptors (Lipinski definition) is 1. The topological polar surface area (TPSA) is 17.8 Å². The van der Waals surface area contributed by atoms with Crippen molar-refractivity contribution in [3.05, 3.63) is 17.0 Å². The Morgan fingerprint density at radius 1 is 1.19 bits per heavy atom. The number of hydrogen-bond donors (Lipinski definition) is 0. The van der Waals surface area contributed by atoms with Crippen molar-refractivity contribution in [3.63, 3.8) is 0 Å². The molecule has 118 valence electrons. The molecule has 1 aromatic rings. The van der Waals surface area contributed by atoms with Crippen LogP contribution in [0.2, 0.25) is 0 Å². The van der Waals surface area contributed by atoms with Gasteiger partial charge in [0.1, 0.15) is 0 Å². The minimum Gasteiger partial charge on any atom is -0.269 e. The van der Waals surface area contributed by atoms with Crippen molar-refractivity contribution in [2.45, 2.75) is 77.6 Å². The minimum absolute atomic E-state index is 0.128. The van der Waals surface area contributed by atoms with E-state index in [1.807, 2.05) is 0 Å². The first-order valence-electron chi connectivity index (χ1n) is 8.90. The summed E-state index contributed by atoms with van der Waals surface area (Å²) in [5, 5.41) is 5.08. The number of nitrogens with zero attached hydrogens (tertiary/aromatic N) is 2. The van der Waals surface area contributed by atoms with Gasteiger partial charge in [-0.3, -0.25) is 4.68 Å². The van der Waals surface area contributed by atoms with Crippen molar-refractivity contribution >= 4 is 11.6 Å². The van der Waals surface area contributed by atoms with E-state index in [1.54, 1.807) is 0 Å². The van der Waals surface area contributed by atoms with Gasteiger partial charge in [-0.2, -0.15) is 5.10 Å². The van der Waals surface area contributed by atoms with E-state index in [-0.39, 0.29) is 5.38 Å². The average molecular weight is 309 g/mol. The van der Waals surface area contributed by atoms with Crippen molar-refractivity contribution < 1.29 is 0 Å². The van der Waals surface area contributed by atoms with Gasteiger partial charge in [0, 0.05) is 17.8 Å². The fourth-order valence-corrected chi connectivity index (χ4v) is 4.99. The van der Waals surface area contributed by atoms with Gasteiger partial charge in [-0.25, -0.2) is 0 Å². The maximum atomic E-state index is 6.60. The van der Waals surface area contributed by atoms with Gasteiger partial charge in [0.2, 0.25) is 0 Å². The van der Waals surface area contributed by atoms with Gasteiger partial charge in [0.15, 0.2) is 0 Å². The Kier molecular flexibility index (Phi) is 4.63. The summed E-state index contributed by atoms with van der Waals surface area (Å²) < 4.78 is 2.32. The molecule has 0 aromatic carbocycles. The van der Waals surface area contributed by atoms with Crippen LogP contribution < -0.4 is 0 Å². The Balaban J connectivity index is 1.86. The van der Waals surface area contributed by atoms with E-state index in [9.17, 15) is 0 Å². The molecule has 0 spiro atoms. The van der Waals surface area contributed by atoms with Crippen LogP contribution in [0.15, 0.2) is 0 Å². The van der Waals surface area contributed by atoms with Gasteiger partial charge in [-0.15, -0.1) is 11.6 Å². The molecule has 2 fully saturated rings. The predicted octanol–water partition coefficient (Wildman–Crippen LogP) is 5.13. The van der Waals surface area contributed by atoms with Crippen LogP contribution in [-0.2, 0) is 19.4 Å². The number of aryl methyl sites for hydroxylation is 1. The average Bonchev–Trinajstić information content (AvgIpc) is 3.19. The largest absolute Gasteiger partial charge is 0.269 e. The third-order valence-electron chi connectivity index (χ3n) is 5.81. The molecule has 1 heterocycles. The van der Waals surface area contributed by atoms with Crippen molar-refractivity contribution in [1.82, 2.24) is 9.78 Å². The predicted molar refractivity (Wildman–Crippen MR) is 88.8 cm³/mol. The maximum absolute atomic E-state index is 6.60. The zero-order valence-corrected chi connectivity index (χ0v) is 14.5. The number of fused-ring (bicyclic) bond motifs is 2. The van der Waals surface area contributed by atoms with Gasteiger partial charge in [-0.1, -0.05) is 27.2 Å². The van der Waals surface area contributed by atoms with Gasteiger partial charge < -0.3 is 0 Å². The normalized spacial score (nSPS) is 29.2. The first-order chi connectivity index (χ1) is 10.2. The zero-order valence-electron chi connectivity index (χ0n) is 13.7. The highest BCUT2D eigenvalue weighted by atomic mass is 35.5. The van der Waals surface area contributed by atoms with Crippen LogP contribution in [0, 0.1) is 17.8 Å². The molecule has 21 heavy (non-hydrogen) atoms. The van der Waals surface area contributed by atoms with Gasteiger partial charge in [-0.05, 0) is 56.3 Å². The Hall–Kier alpha value is -0.500. The molecule has 4 atom stereocenters. The van der Waals surface area contributed by atoms with E-state index in [2.05, 4.69) is 25.5 Å². The second kappa shape index (κ2) is 6.32. The summed E-state index contributed by atoms with van der Waals surface area (Å²) in [5.74, 6) is 2.85. The molecule has 0 radical (unpaired) electrons. The standard InChI is InChI=1S/C18H29ClN2/c1-4-15(19)18-16(5-2)20-21(17(18)6-3)11-14-10-12-7-8-13(14)9-12/h12-15H,4-11H2,1-3H3. The van der Waals surface area contributed by atoms with E-state index in [4.69, 9.17) is 16.7 Å². The summed E-state index contributed by atoms with van der Waals surface area (Å²) in [6, 6.07) is 0. The third-order valence-corrected chi connectivity index (χ3v) is 6.34. The second-order valence-electron chi connectivity index (χ2n) is 7.01. The molecule has 2 nitrogen and oxygen atoms in total. The molecule has 2 aliphatic rings. The summed E-state index contributed by atoms with van der Waals surface area (Å²) in [4.78, 5) is 0. The Bertz CT molecular complexity index is 494. The van der Waals surface area contributed by atoms with Crippen LogP contribution in [0.4, 0.5) is 0 Å². The van der Waals surface area contributed by atoms with Crippen LogP contribution in [-0.4, -0.2) is 9.78 Å². The van der Waals surface area contributed by atoms with Crippen molar-refractivity contribution in [3.8, 4) is 0 Å². The molecule has 2 saturated carbocycles. The number of rotatable bonds is 6. The lowest BCUT2D eigenvalue weighted by atomic mass is 9.89. The van der Waals surface area contributed by atoms with Crippen molar-refractivity contribution in [2.75, 3.05) is 0 Å². The molecule has 3 heteroatoms. The number of halogens is 1. The highest BCUT2D eigenvalue weighted by Gasteiger charge is 2.40. The smallest absolute Gasteiger partial charge is 0.0671 e. The van der Waals surface area contributed by atoms with E-state index in [0.717, 1.165) is 43.6 Å². The fourth-order valence-electron chi connectivity index (χ4n) is 4.74. The lowest BCUT2D eigenvalue weighted by Gasteiger charge is -2.22. The quantitative estimate of drug-likeness (QED) is 0.666. The summed E-state index contributed by atoms with van der Waals surface area (Å²) in [5.41, 5.74) is 3.97. The van der Waals surface area contributed by atoms with Crippen LogP contribution in [0.1, 0.15) is 75.2 Å².